The fraction of sp³-hybridized carbons (Fsp3) is 0.625. The molecule has 0 saturated heterocycles. The highest BCUT2D eigenvalue weighted by Gasteiger charge is 2.15. The van der Waals surface area contributed by atoms with Crippen LogP contribution in [0.5, 0.6) is 0 Å². The number of hydrogen-bond donors (Lipinski definition) is 2. The monoisotopic (exact) mass is 167 g/mol. The van der Waals surface area contributed by atoms with E-state index in [0.29, 0.717) is 6.04 Å². The lowest BCUT2D eigenvalue weighted by atomic mass is 10.2. The summed E-state index contributed by atoms with van der Waals surface area (Å²) < 4.78 is 1.96. The molecule has 66 valence electrons. The molecule has 0 aliphatic carbocycles. The summed E-state index contributed by atoms with van der Waals surface area (Å²) in [5, 5.41) is 16.4. The number of aliphatic hydroxyl groups is 1. The van der Waals surface area contributed by atoms with Gasteiger partial charge in [0.1, 0.15) is 0 Å². The van der Waals surface area contributed by atoms with Crippen molar-refractivity contribution in [3.63, 3.8) is 0 Å². The van der Waals surface area contributed by atoms with Gasteiger partial charge in [-0.3, -0.25) is 4.68 Å². The van der Waals surface area contributed by atoms with Crippen molar-refractivity contribution < 1.29 is 5.11 Å². The van der Waals surface area contributed by atoms with Crippen LogP contribution >= 0.6 is 0 Å². The van der Waals surface area contributed by atoms with Gasteiger partial charge >= 0.3 is 0 Å². The highest BCUT2D eigenvalue weighted by molar-refractivity contribution is 5.11. The lowest BCUT2D eigenvalue weighted by Crippen LogP contribution is -2.36. The van der Waals surface area contributed by atoms with Crippen LogP contribution in [0.4, 0.5) is 0 Å². The second kappa shape index (κ2) is 2.88. The molecule has 0 amide bonds. The zero-order chi connectivity index (χ0) is 8.55. The van der Waals surface area contributed by atoms with E-state index in [4.69, 9.17) is 5.11 Å². The molecule has 0 spiro atoms. The second-order valence-corrected chi connectivity index (χ2v) is 3.25. The van der Waals surface area contributed by atoms with Gasteiger partial charge in [0.25, 0.3) is 0 Å². The van der Waals surface area contributed by atoms with Gasteiger partial charge in [-0.25, -0.2) is 0 Å². The molecule has 0 aromatic carbocycles. The maximum absolute atomic E-state index is 8.86. The van der Waals surface area contributed by atoms with Crippen molar-refractivity contribution in [1.29, 1.82) is 0 Å². The molecule has 0 radical (unpaired) electrons. The number of hydrogen-bond acceptors (Lipinski definition) is 3. The Bertz CT molecular complexity index is 282. The molecule has 1 atom stereocenters. The van der Waals surface area contributed by atoms with Crippen molar-refractivity contribution in [2.45, 2.75) is 32.7 Å². The number of fused-ring (bicyclic) bond motifs is 1. The lowest BCUT2D eigenvalue weighted by Gasteiger charge is -2.21. The van der Waals surface area contributed by atoms with E-state index in [-0.39, 0.29) is 6.61 Å². The molecule has 1 aromatic rings. The Labute approximate surface area is 71.2 Å². The standard InChI is InChI=1S/C8H13N3O/c1-6-4-11-8(3-9-6)2-7(5-12)10-11/h2,6,9,12H,3-5H2,1H3/t6-/m1/s1. The van der Waals surface area contributed by atoms with Crippen LogP contribution in [-0.4, -0.2) is 20.9 Å². The van der Waals surface area contributed by atoms with Crippen LogP contribution in [0.2, 0.25) is 0 Å². The number of aromatic nitrogens is 2. The molecule has 12 heavy (non-hydrogen) atoms. The minimum Gasteiger partial charge on any atom is -0.390 e. The number of nitrogens with zero attached hydrogens (tertiary/aromatic N) is 2. The van der Waals surface area contributed by atoms with Gasteiger partial charge in [-0.05, 0) is 13.0 Å². The Hall–Kier alpha value is -0.870. The molecule has 4 nitrogen and oxygen atoms in total. The highest BCUT2D eigenvalue weighted by Crippen LogP contribution is 2.09. The van der Waals surface area contributed by atoms with Crippen LogP contribution in [0.3, 0.4) is 0 Å². The summed E-state index contributed by atoms with van der Waals surface area (Å²) in [6, 6.07) is 2.42. The first-order valence-corrected chi connectivity index (χ1v) is 4.19. The maximum atomic E-state index is 8.86. The van der Waals surface area contributed by atoms with Crippen LogP contribution < -0.4 is 5.32 Å². The largest absolute Gasteiger partial charge is 0.390 e. The zero-order valence-electron chi connectivity index (χ0n) is 7.12. The van der Waals surface area contributed by atoms with Crippen LogP contribution in [0, 0.1) is 0 Å². The summed E-state index contributed by atoms with van der Waals surface area (Å²) in [7, 11) is 0. The van der Waals surface area contributed by atoms with Gasteiger partial charge in [0.2, 0.25) is 0 Å². The van der Waals surface area contributed by atoms with E-state index in [1.807, 2.05) is 10.7 Å². The number of nitrogens with one attached hydrogen (secondary N) is 1. The summed E-state index contributed by atoms with van der Waals surface area (Å²) in [5.41, 5.74) is 1.93. The lowest BCUT2D eigenvalue weighted by molar-refractivity contribution is 0.274. The van der Waals surface area contributed by atoms with Crippen molar-refractivity contribution >= 4 is 0 Å². The van der Waals surface area contributed by atoms with Gasteiger partial charge in [-0.15, -0.1) is 0 Å². The molecular formula is C8H13N3O. The first kappa shape index (κ1) is 7.76. The quantitative estimate of drug-likeness (QED) is 0.612. The van der Waals surface area contributed by atoms with Gasteiger partial charge in [-0.2, -0.15) is 5.10 Å². The summed E-state index contributed by atoms with van der Waals surface area (Å²) in [6.07, 6.45) is 0. The third-order valence-electron chi connectivity index (χ3n) is 2.15. The van der Waals surface area contributed by atoms with Gasteiger partial charge in [0, 0.05) is 12.6 Å². The summed E-state index contributed by atoms with van der Waals surface area (Å²) in [5.74, 6) is 0. The SMILES string of the molecule is C[C@@H]1Cn2nc(CO)cc2CN1. The summed E-state index contributed by atoms with van der Waals surface area (Å²) >= 11 is 0. The Kier molecular flexibility index (Phi) is 1.86. The Balaban J connectivity index is 2.28. The minimum absolute atomic E-state index is 0.0361. The molecular weight excluding hydrogens is 154 g/mol. The third kappa shape index (κ3) is 1.23. The smallest absolute Gasteiger partial charge is 0.0882 e. The van der Waals surface area contributed by atoms with Crippen molar-refractivity contribution in [2.75, 3.05) is 0 Å². The maximum Gasteiger partial charge on any atom is 0.0882 e. The third-order valence-corrected chi connectivity index (χ3v) is 2.15. The Morgan fingerprint density at radius 2 is 2.67 bits per heavy atom. The number of aliphatic hydroxyl groups excluding tert-OH is 1. The van der Waals surface area contributed by atoms with Crippen LogP contribution in [-0.2, 0) is 19.7 Å². The van der Waals surface area contributed by atoms with Gasteiger partial charge in [0.05, 0.1) is 24.5 Å². The summed E-state index contributed by atoms with van der Waals surface area (Å²) in [6.45, 7) is 3.92. The molecule has 1 aromatic heterocycles. The van der Waals surface area contributed by atoms with E-state index in [1.165, 1.54) is 0 Å². The first-order chi connectivity index (χ1) is 5.79. The molecule has 0 saturated carbocycles. The van der Waals surface area contributed by atoms with Crippen molar-refractivity contribution in [1.82, 2.24) is 15.1 Å². The number of rotatable bonds is 1. The van der Waals surface area contributed by atoms with Gasteiger partial charge < -0.3 is 10.4 Å². The summed E-state index contributed by atoms with van der Waals surface area (Å²) in [4.78, 5) is 0. The van der Waals surface area contributed by atoms with E-state index in [9.17, 15) is 0 Å². The van der Waals surface area contributed by atoms with Crippen LogP contribution in [0.15, 0.2) is 6.07 Å². The van der Waals surface area contributed by atoms with E-state index < -0.39 is 0 Å². The van der Waals surface area contributed by atoms with Crippen LogP contribution in [0.1, 0.15) is 18.3 Å². The molecule has 2 N–H and O–H groups in total. The van der Waals surface area contributed by atoms with E-state index in [2.05, 4.69) is 17.3 Å². The topological polar surface area (TPSA) is 50.1 Å². The zero-order valence-corrected chi connectivity index (χ0v) is 7.12. The highest BCUT2D eigenvalue weighted by atomic mass is 16.3. The minimum atomic E-state index is 0.0361. The molecule has 0 bridgehead atoms. The molecule has 2 heterocycles. The average Bonchev–Trinajstić information content (AvgIpc) is 2.46. The molecule has 1 aliphatic heterocycles. The Morgan fingerprint density at radius 1 is 1.83 bits per heavy atom. The predicted octanol–water partition coefficient (Wildman–Crippen LogP) is -0.133. The fourth-order valence-electron chi connectivity index (χ4n) is 1.50. The van der Waals surface area contributed by atoms with Crippen LogP contribution in [0.25, 0.3) is 0 Å². The molecule has 0 fully saturated rings. The van der Waals surface area contributed by atoms with Crippen molar-refractivity contribution in [3.8, 4) is 0 Å². The molecule has 4 heteroatoms. The van der Waals surface area contributed by atoms with Crippen molar-refractivity contribution in [3.05, 3.63) is 17.5 Å². The second-order valence-electron chi connectivity index (χ2n) is 3.25. The average molecular weight is 167 g/mol. The molecule has 1 aliphatic rings. The van der Waals surface area contributed by atoms with E-state index in [1.54, 1.807) is 0 Å². The van der Waals surface area contributed by atoms with Gasteiger partial charge in [-0.1, -0.05) is 0 Å². The molecule has 2 rings (SSSR count). The Morgan fingerprint density at radius 3 is 3.42 bits per heavy atom. The van der Waals surface area contributed by atoms with Crippen molar-refractivity contribution in [2.24, 2.45) is 0 Å². The first-order valence-electron chi connectivity index (χ1n) is 4.19. The normalized spacial score (nSPS) is 22.3. The fourth-order valence-corrected chi connectivity index (χ4v) is 1.50. The van der Waals surface area contributed by atoms with E-state index >= 15 is 0 Å². The predicted molar refractivity (Wildman–Crippen MR) is 44.5 cm³/mol. The van der Waals surface area contributed by atoms with E-state index in [0.717, 1.165) is 24.5 Å². The van der Waals surface area contributed by atoms with Gasteiger partial charge in [0.15, 0.2) is 0 Å². The molecule has 0 unspecified atom stereocenters.